The number of primary amides is 1. The molecule has 1 aromatic heterocycles. The van der Waals surface area contributed by atoms with Crippen molar-refractivity contribution in [3.8, 4) is 11.5 Å². The molecule has 4 N–H and O–H groups in total. The molecule has 1 saturated carbocycles. The molecule has 0 radical (unpaired) electrons. The number of amides is 1. The van der Waals surface area contributed by atoms with Gasteiger partial charge in [0, 0.05) is 23.7 Å². The van der Waals surface area contributed by atoms with Crippen molar-refractivity contribution >= 4 is 40.7 Å². The molecular formula is C26H37ClN6O3. The van der Waals surface area contributed by atoms with Gasteiger partial charge in [-0.05, 0) is 19.9 Å². The fourth-order valence-corrected chi connectivity index (χ4v) is 4.37. The van der Waals surface area contributed by atoms with Crippen LogP contribution in [0.3, 0.4) is 0 Å². The quantitative estimate of drug-likeness (QED) is 0.535. The van der Waals surface area contributed by atoms with Gasteiger partial charge in [-0.1, -0.05) is 56.7 Å². The number of nitrogens with two attached hydrogens (primary N) is 2. The number of anilines is 2. The fraction of sp³-hybridized carbons (Fsp3) is 0.462. The van der Waals surface area contributed by atoms with Gasteiger partial charge in [0.25, 0.3) is 0 Å². The zero-order valence-corrected chi connectivity index (χ0v) is 22.4. The number of likely N-dealkylation sites (N-methyl/N-ethyl adjacent to an activating group) is 1. The van der Waals surface area contributed by atoms with Crippen LogP contribution in [0.4, 0.5) is 17.5 Å². The van der Waals surface area contributed by atoms with E-state index in [0.29, 0.717) is 28.8 Å². The molecule has 0 unspecified atom stereocenters. The molecular weight excluding hydrogens is 480 g/mol. The first kappa shape index (κ1) is 28.9. The van der Waals surface area contributed by atoms with Gasteiger partial charge in [-0.3, -0.25) is 4.79 Å². The summed E-state index contributed by atoms with van der Waals surface area (Å²) in [5, 5.41) is 0.510. The number of aromatic nitrogens is 2. The van der Waals surface area contributed by atoms with Crippen molar-refractivity contribution in [1.82, 2.24) is 9.97 Å². The first-order valence-electron chi connectivity index (χ1n) is 12.1. The molecule has 1 aromatic carbocycles. The Morgan fingerprint density at radius 3 is 2.19 bits per heavy atom. The van der Waals surface area contributed by atoms with Gasteiger partial charge in [-0.2, -0.15) is 4.98 Å². The topological polar surface area (TPSA) is 129 Å². The molecule has 0 saturated heterocycles. The first-order valence-corrected chi connectivity index (χ1v) is 12.4. The number of benzene rings is 1. The summed E-state index contributed by atoms with van der Waals surface area (Å²) in [6.45, 7) is 8.39. The summed E-state index contributed by atoms with van der Waals surface area (Å²) in [5.41, 5.74) is 13.4. The highest BCUT2D eigenvalue weighted by Gasteiger charge is 2.26. The Balaban J connectivity index is 0.000000343. The number of carbonyl (C=O) groups is 1. The average molecular weight is 517 g/mol. The SMILES string of the molecule is C1CCCCC1.C=CC(N)=O.CCN1CC(c2c(C)c(OC)cc(OC)c2Cl)=Nc2cnc(N)nc21. The molecule has 1 amide bonds. The largest absolute Gasteiger partial charge is 0.496 e. The Bertz CT molecular complexity index is 1050. The van der Waals surface area contributed by atoms with E-state index in [9.17, 15) is 4.79 Å². The number of methoxy groups -OCH3 is 2. The molecule has 1 fully saturated rings. The summed E-state index contributed by atoms with van der Waals surface area (Å²) in [4.78, 5) is 24.6. The van der Waals surface area contributed by atoms with E-state index in [-0.39, 0.29) is 5.95 Å². The number of halogens is 1. The third kappa shape index (κ3) is 7.58. The predicted molar refractivity (Wildman–Crippen MR) is 147 cm³/mol. The number of nitrogen functional groups attached to an aromatic ring is 1. The molecule has 0 atom stereocenters. The first-order chi connectivity index (χ1) is 17.3. The molecule has 4 rings (SSSR count). The Hall–Kier alpha value is -3.33. The lowest BCUT2D eigenvalue weighted by Crippen LogP contribution is -2.34. The van der Waals surface area contributed by atoms with Crippen LogP contribution in [0.25, 0.3) is 0 Å². The van der Waals surface area contributed by atoms with Crippen LogP contribution in [-0.4, -0.2) is 48.9 Å². The molecule has 2 aromatic rings. The molecule has 196 valence electrons. The van der Waals surface area contributed by atoms with Gasteiger partial charge in [-0.25, -0.2) is 9.98 Å². The normalized spacial score (nSPS) is 14.1. The van der Waals surface area contributed by atoms with Gasteiger partial charge in [0.15, 0.2) is 5.82 Å². The number of hydrogen-bond donors (Lipinski definition) is 2. The van der Waals surface area contributed by atoms with Crippen molar-refractivity contribution in [2.75, 3.05) is 37.9 Å². The molecule has 2 aliphatic rings. The van der Waals surface area contributed by atoms with Gasteiger partial charge < -0.3 is 25.8 Å². The van der Waals surface area contributed by atoms with E-state index in [0.717, 1.165) is 35.3 Å². The minimum atomic E-state index is -0.481. The van der Waals surface area contributed by atoms with Crippen LogP contribution in [0.2, 0.25) is 5.02 Å². The van der Waals surface area contributed by atoms with E-state index in [2.05, 4.69) is 27.2 Å². The third-order valence-electron chi connectivity index (χ3n) is 5.92. The van der Waals surface area contributed by atoms with Gasteiger partial charge in [0.1, 0.15) is 17.2 Å². The van der Waals surface area contributed by atoms with Crippen molar-refractivity contribution in [3.05, 3.63) is 41.1 Å². The summed E-state index contributed by atoms with van der Waals surface area (Å²) in [6.07, 6.45) is 11.7. The zero-order chi connectivity index (χ0) is 26.7. The van der Waals surface area contributed by atoms with Crippen LogP contribution in [0.15, 0.2) is 29.9 Å². The van der Waals surface area contributed by atoms with E-state index in [1.54, 1.807) is 26.5 Å². The van der Waals surface area contributed by atoms with Crippen LogP contribution in [0.5, 0.6) is 11.5 Å². The van der Waals surface area contributed by atoms with Gasteiger partial charge >= 0.3 is 0 Å². The molecule has 10 heteroatoms. The number of carbonyl (C=O) groups excluding carboxylic acids is 1. The van der Waals surface area contributed by atoms with Crippen molar-refractivity contribution in [2.24, 2.45) is 10.7 Å². The summed E-state index contributed by atoms with van der Waals surface area (Å²) < 4.78 is 10.9. The number of fused-ring (bicyclic) bond motifs is 1. The smallest absolute Gasteiger partial charge is 0.240 e. The Morgan fingerprint density at radius 1 is 1.17 bits per heavy atom. The standard InChI is InChI=1S/C17H20ClN5O2.C6H12.C3H5NO/c1-5-23-8-11(21-10-7-20-17(19)22-16(10)23)14-9(2)12(24-3)6-13(25-4)15(14)18;1-2-4-6-5-3-1;1-2-3(4)5/h6-7H,5,8H2,1-4H3,(H2,19,20,22);1-6H2;2H,1H2,(H2,4,5). The predicted octanol–water partition coefficient (Wildman–Crippen LogP) is 5.00. The number of hydrogen-bond acceptors (Lipinski definition) is 8. The second-order valence-corrected chi connectivity index (χ2v) is 8.71. The Kier molecular flexibility index (Phi) is 11.5. The van der Waals surface area contributed by atoms with Gasteiger partial charge in [-0.15, -0.1) is 0 Å². The lowest BCUT2D eigenvalue weighted by atomic mass is 10.0. The Labute approximate surface area is 218 Å². The lowest BCUT2D eigenvalue weighted by Gasteiger charge is -2.29. The maximum atomic E-state index is 9.47. The van der Waals surface area contributed by atoms with E-state index in [1.165, 1.54) is 38.5 Å². The number of ether oxygens (including phenoxy) is 2. The highest BCUT2D eigenvalue weighted by Crippen LogP contribution is 2.40. The maximum absolute atomic E-state index is 9.47. The Morgan fingerprint density at radius 2 is 1.72 bits per heavy atom. The summed E-state index contributed by atoms with van der Waals surface area (Å²) >= 11 is 6.59. The van der Waals surface area contributed by atoms with Gasteiger partial charge in [0.05, 0.1) is 37.7 Å². The third-order valence-corrected chi connectivity index (χ3v) is 6.29. The minimum absolute atomic E-state index is 0.230. The monoisotopic (exact) mass is 516 g/mol. The number of nitrogens with zero attached hydrogens (tertiary/aromatic N) is 4. The molecule has 2 heterocycles. The molecule has 9 nitrogen and oxygen atoms in total. The van der Waals surface area contributed by atoms with Crippen LogP contribution >= 0.6 is 11.6 Å². The van der Waals surface area contributed by atoms with Crippen LogP contribution < -0.4 is 25.8 Å². The minimum Gasteiger partial charge on any atom is -0.496 e. The molecule has 0 spiro atoms. The molecule has 1 aliphatic heterocycles. The average Bonchev–Trinajstić information content (AvgIpc) is 2.90. The number of aliphatic imine (C=N–C) groups is 1. The molecule has 1 aliphatic carbocycles. The van der Waals surface area contributed by atoms with Crippen molar-refractivity contribution in [1.29, 1.82) is 0 Å². The van der Waals surface area contributed by atoms with E-state index < -0.39 is 5.91 Å². The second kappa shape index (κ2) is 14.3. The van der Waals surface area contributed by atoms with Crippen molar-refractivity contribution in [2.45, 2.75) is 52.4 Å². The number of rotatable bonds is 5. The molecule has 0 bridgehead atoms. The van der Waals surface area contributed by atoms with Crippen molar-refractivity contribution in [3.63, 3.8) is 0 Å². The van der Waals surface area contributed by atoms with Crippen LogP contribution in [0.1, 0.15) is 56.6 Å². The molecule has 36 heavy (non-hydrogen) atoms. The zero-order valence-electron chi connectivity index (χ0n) is 21.6. The highest BCUT2D eigenvalue weighted by molar-refractivity contribution is 6.36. The fourth-order valence-electron chi connectivity index (χ4n) is 3.99. The summed E-state index contributed by atoms with van der Waals surface area (Å²) in [5.74, 6) is 1.71. The van der Waals surface area contributed by atoms with Gasteiger partial charge in [0.2, 0.25) is 11.9 Å². The van der Waals surface area contributed by atoms with Crippen molar-refractivity contribution < 1.29 is 14.3 Å². The maximum Gasteiger partial charge on any atom is 0.240 e. The van der Waals surface area contributed by atoms with E-state index in [4.69, 9.17) is 31.8 Å². The highest BCUT2D eigenvalue weighted by atomic mass is 35.5. The van der Waals surface area contributed by atoms with E-state index in [1.807, 2.05) is 13.8 Å². The van der Waals surface area contributed by atoms with E-state index >= 15 is 0 Å². The summed E-state index contributed by atoms with van der Waals surface area (Å²) in [6, 6.07) is 1.78. The lowest BCUT2D eigenvalue weighted by molar-refractivity contribution is -0.113. The van der Waals surface area contributed by atoms with Crippen LogP contribution in [-0.2, 0) is 4.79 Å². The summed E-state index contributed by atoms with van der Waals surface area (Å²) in [7, 11) is 3.19. The van der Waals surface area contributed by atoms with Crippen LogP contribution in [0, 0.1) is 6.92 Å². The second-order valence-electron chi connectivity index (χ2n) is 8.33.